The molecule has 0 fully saturated rings. The van der Waals surface area contributed by atoms with Gasteiger partial charge in [-0.3, -0.25) is 9.69 Å². The zero-order valence-electron chi connectivity index (χ0n) is 21.0. The van der Waals surface area contributed by atoms with Crippen LogP contribution in [0.1, 0.15) is 69.7 Å². The second kappa shape index (κ2) is 8.75. The van der Waals surface area contributed by atoms with E-state index in [0.717, 1.165) is 6.07 Å². The average Bonchev–Trinajstić information content (AvgIpc) is 3.29. The van der Waals surface area contributed by atoms with Gasteiger partial charge in [-0.15, -0.1) is 0 Å². The SMILES string of the molecule is CC(C)c1ncnn1C1c2n[nH]c(=O)c3cc(F)cc(c23)N(C(=O)OC(C)(C)C)C1c1ccc(F)cc1. The minimum Gasteiger partial charge on any atom is -0.443 e. The maximum atomic E-state index is 14.9. The molecule has 0 saturated heterocycles. The van der Waals surface area contributed by atoms with Crippen molar-refractivity contribution in [3.8, 4) is 0 Å². The summed E-state index contributed by atoms with van der Waals surface area (Å²) in [5.41, 5.74) is -0.473. The number of ether oxygens (including phenoxy) is 1. The lowest BCUT2D eigenvalue weighted by Crippen LogP contribution is -2.46. The maximum Gasteiger partial charge on any atom is 0.415 e. The minimum absolute atomic E-state index is 0.0299. The lowest BCUT2D eigenvalue weighted by Gasteiger charge is -2.42. The first kappa shape index (κ1) is 24.5. The number of amides is 1. The molecule has 0 saturated carbocycles. The summed E-state index contributed by atoms with van der Waals surface area (Å²) < 4.78 is 36.2. The molecule has 2 aromatic heterocycles. The number of nitrogens with zero attached hydrogens (tertiary/aromatic N) is 5. The number of rotatable bonds is 3. The van der Waals surface area contributed by atoms with Crippen molar-refractivity contribution in [2.24, 2.45) is 0 Å². The highest BCUT2D eigenvalue weighted by atomic mass is 19.1. The second-order valence-corrected chi connectivity index (χ2v) is 10.3. The number of aromatic nitrogens is 5. The number of carbonyl (C=O) groups is 1. The van der Waals surface area contributed by atoms with E-state index in [1.807, 2.05) is 13.8 Å². The molecule has 2 aromatic carbocycles. The molecule has 1 aliphatic heterocycles. The first-order chi connectivity index (χ1) is 17.5. The van der Waals surface area contributed by atoms with Crippen molar-refractivity contribution in [1.82, 2.24) is 25.0 Å². The van der Waals surface area contributed by atoms with E-state index < -0.39 is 41.0 Å². The third-order valence-electron chi connectivity index (χ3n) is 6.16. The van der Waals surface area contributed by atoms with Crippen LogP contribution in [-0.4, -0.2) is 36.7 Å². The summed E-state index contributed by atoms with van der Waals surface area (Å²) in [5.74, 6) is -0.620. The molecular weight excluding hydrogens is 482 g/mol. The van der Waals surface area contributed by atoms with Crippen LogP contribution < -0.4 is 10.5 Å². The zero-order chi connectivity index (χ0) is 26.6. The van der Waals surface area contributed by atoms with Gasteiger partial charge >= 0.3 is 6.09 Å². The quantitative estimate of drug-likeness (QED) is 0.417. The fourth-order valence-electron chi connectivity index (χ4n) is 4.76. The summed E-state index contributed by atoms with van der Waals surface area (Å²) in [6.45, 7) is 9.04. The van der Waals surface area contributed by atoms with Crippen LogP contribution >= 0.6 is 0 Å². The lowest BCUT2D eigenvalue weighted by atomic mass is 9.87. The van der Waals surface area contributed by atoms with Gasteiger partial charge in [-0.2, -0.15) is 10.2 Å². The van der Waals surface area contributed by atoms with Crippen molar-refractivity contribution in [1.29, 1.82) is 0 Å². The first-order valence-corrected chi connectivity index (χ1v) is 11.8. The Morgan fingerprint density at radius 3 is 2.43 bits per heavy atom. The van der Waals surface area contributed by atoms with Crippen LogP contribution in [0.2, 0.25) is 0 Å². The standard InChI is InChI=1S/C26H26F2N6O3/c1-13(2)23-29-12-30-34(23)22-20-19-17(24(35)32-31-20)10-16(28)11-18(19)33(25(36)37-26(3,4)5)21(22)14-6-8-15(27)9-7-14/h6-13,21-22H,1-5H3,(H,32,35). The molecule has 192 valence electrons. The van der Waals surface area contributed by atoms with Gasteiger partial charge in [-0.25, -0.2) is 28.3 Å². The molecule has 0 aliphatic carbocycles. The predicted molar refractivity (Wildman–Crippen MR) is 132 cm³/mol. The van der Waals surface area contributed by atoms with Crippen LogP contribution in [-0.2, 0) is 4.74 Å². The van der Waals surface area contributed by atoms with Gasteiger partial charge in [0.15, 0.2) is 0 Å². The van der Waals surface area contributed by atoms with Crippen molar-refractivity contribution in [2.75, 3.05) is 4.90 Å². The van der Waals surface area contributed by atoms with Crippen LogP contribution in [0.3, 0.4) is 0 Å². The summed E-state index contributed by atoms with van der Waals surface area (Å²) >= 11 is 0. The van der Waals surface area contributed by atoms with Crippen LogP contribution in [0, 0.1) is 11.6 Å². The Labute approximate surface area is 211 Å². The smallest absolute Gasteiger partial charge is 0.415 e. The van der Waals surface area contributed by atoms with Crippen LogP contribution in [0.4, 0.5) is 19.3 Å². The summed E-state index contributed by atoms with van der Waals surface area (Å²) in [7, 11) is 0. The number of halogens is 2. The Balaban J connectivity index is 1.90. The minimum atomic E-state index is -0.898. The predicted octanol–water partition coefficient (Wildman–Crippen LogP) is 5.00. The molecule has 0 radical (unpaired) electrons. The van der Waals surface area contributed by atoms with Crippen LogP contribution in [0.5, 0.6) is 0 Å². The van der Waals surface area contributed by atoms with Gasteiger partial charge in [0.05, 0.1) is 22.8 Å². The van der Waals surface area contributed by atoms with E-state index in [2.05, 4.69) is 20.3 Å². The lowest BCUT2D eigenvalue weighted by molar-refractivity contribution is 0.0554. The maximum absolute atomic E-state index is 14.9. The summed E-state index contributed by atoms with van der Waals surface area (Å²) in [4.78, 5) is 32.3. The fourth-order valence-corrected chi connectivity index (χ4v) is 4.76. The average molecular weight is 509 g/mol. The summed E-state index contributed by atoms with van der Waals surface area (Å²) in [6, 6.07) is 6.22. The molecule has 1 aliphatic rings. The fraction of sp³-hybridized carbons (Fsp3) is 0.346. The third-order valence-corrected chi connectivity index (χ3v) is 6.16. The Morgan fingerprint density at radius 2 is 1.78 bits per heavy atom. The number of benzene rings is 2. The van der Waals surface area contributed by atoms with Crippen molar-refractivity contribution < 1.29 is 18.3 Å². The van der Waals surface area contributed by atoms with Gasteiger partial charge < -0.3 is 4.74 Å². The highest BCUT2D eigenvalue weighted by molar-refractivity contribution is 6.05. The number of anilines is 1. The summed E-state index contributed by atoms with van der Waals surface area (Å²) in [6.07, 6.45) is 0.633. The van der Waals surface area contributed by atoms with Gasteiger partial charge in [0.25, 0.3) is 5.56 Å². The number of aromatic amines is 1. The number of carbonyl (C=O) groups excluding carboxylic acids is 1. The van der Waals surface area contributed by atoms with E-state index in [0.29, 0.717) is 22.5 Å². The second-order valence-electron chi connectivity index (χ2n) is 10.3. The molecule has 0 spiro atoms. The summed E-state index contributed by atoms with van der Waals surface area (Å²) in [5, 5.41) is 11.6. The topological polar surface area (TPSA) is 106 Å². The highest BCUT2D eigenvalue weighted by Crippen LogP contribution is 2.49. The van der Waals surface area contributed by atoms with Crippen molar-refractivity contribution in [2.45, 2.75) is 58.2 Å². The Bertz CT molecular complexity index is 1560. The third kappa shape index (κ3) is 4.24. The van der Waals surface area contributed by atoms with Crippen LogP contribution in [0.15, 0.2) is 47.5 Å². The van der Waals surface area contributed by atoms with E-state index in [1.54, 1.807) is 37.6 Å². The Hall–Kier alpha value is -4.15. The molecular formula is C26H26F2N6O3. The molecule has 9 nitrogen and oxygen atoms in total. The highest BCUT2D eigenvalue weighted by Gasteiger charge is 2.45. The largest absolute Gasteiger partial charge is 0.443 e. The van der Waals surface area contributed by atoms with Gasteiger partial charge in [-0.1, -0.05) is 26.0 Å². The van der Waals surface area contributed by atoms with E-state index in [4.69, 9.17) is 4.74 Å². The Morgan fingerprint density at radius 1 is 1.08 bits per heavy atom. The molecule has 37 heavy (non-hydrogen) atoms. The van der Waals surface area contributed by atoms with Gasteiger partial charge in [0.1, 0.15) is 35.4 Å². The van der Waals surface area contributed by atoms with Gasteiger partial charge in [-0.05, 0) is 50.6 Å². The van der Waals surface area contributed by atoms with Gasteiger partial charge in [0.2, 0.25) is 0 Å². The first-order valence-electron chi connectivity index (χ1n) is 11.8. The van der Waals surface area contributed by atoms with E-state index >= 15 is 0 Å². The van der Waals surface area contributed by atoms with E-state index in [-0.39, 0.29) is 17.0 Å². The normalized spacial score (nSPS) is 17.5. The molecule has 2 unspecified atom stereocenters. The zero-order valence-corrected chi connectivity index (χ0v) is 21.0. The molecule has 5 rings (SSSR count). The van der Waals surface area contributed by atoms with Crippen molar-refractivity contribution >= 4 is 22.6 Å². The van der Waals surface area contributed by atoms with Crippen molar-refractivity contribution in [3.63, 3.8) is 0 Å². The number of hydrogen-bond donors (Lipinski definition) is 1. The molecule has 3 heterocycles. The number of nitrogens with one attached hydrogen (secondary N) is 1. The molecule has 4 aromatic rings. The van der Waals surface area contributed by atoms with Crippen molar-refractivity contribution in [3.05, 3.63) is 81.8 Å². The molecule has 1 N–H and O–H groups in total. The molecule has 0 bridgehead atoms. The Kier molecular flexibility index (Phi) is 5.81. The molecule has 11 heteroatoms. The monoisotopic (exact) mass is 508 g/mol. The molecule has 2 atom stereocenters. The van der Waals surface area contributed by atoms with Gasteiger partial charge in [0, 0.05) is 11.3 Å². The number of hydrogen-bond acceptors (Lipinski definition) is 6. The van der Waals surface area contributed by atoms with Crippen LogP contribution in [0.25, 0.3) is 10.8 Å². The van der Waals surface area contributed by atoms with E-state index in [1.165, 1.54) is 29.4 Å². The van der Waals surface area contributed by atoms with E-state index in [9.17, 15) is 18.4 Å². The number of H-pyrrole nitrogens is 1. The molecule has 1 amide bonds.